The second-order valence-corrected chi connectivity index (χ2v) is 2.91. The van der Waals surface area contributed by atoms with E-state index in [1.807, 2.05) is 0 Å². The molecule has 2 saturated heterocycles. The van der Waals surface area contributed by atoms with Gasteiger partial charge in [-0.05, 0) is 19.4 Å². The number of fused-ring (bicyclic) bond motifs is 1. The van der Waals surface area contributed by atoms with Crippen molar-refractivity contribution < 1.29 is 4.74 Å². The van der Waals surface area contributed by atoms with Crippen LogP contribution >= 0.6 is 0 Å². The van der Waals surface area contributed by atoms with Gasteiger partial charge in [-0.25, -0.2) is 0 Å². The molecule has 0 saturated carbocycles. The maximum Gasteiger partial charge on any atom is 0.0622 e. The third kappa shape index (κ3) is 0.970. The van der Waals surface area contributed by atoms with Gasteiger partial charge in [0.2, 0.25) is 0 Å². The van der Waals surface area contributed by atoms with Crippen LogP contribution in [0.4, 0.5) is 0 Å². The molecule has 0 aliphatic carbocycles. The van der Waals surface area contributed by atoms with E-state index in [0.717, 1.165) is 19.3 Å². The Bertz CT molecular complexity index is 93.1. The molecule has 0 aromatic rings. The van der Waals surface area contributed by atoms with Crippen LogP contribution in [0.2, 0.25) is 0 Å². The first-order valence-corrected chi connectivity index (χ1v) is 3.78. The molecule has 2 fully saturated rings. The summed E-state index contributed by atoms with van der Waals surface area (Å²) in [6.07, 6.45) is 2.74. The molecule has 2 aliphatic heterocycles. The maximum absolute atomic E-state index is 5.34. The monoisotopic (exact) mass is 127 g/mol. The smallest absolute Gasteiger partial charge is 0.0622 e. The van der Waals surface area contributed by atoms with Gasteiger partial charge in [0, 0.05) is 12.6 Å². The highest BCUT2D eigenvalue weighted by atomic mass is 16.5. The number of hydrogen-bond acceptors (Lipinski definition) is 2. The Kier molecular flexibility index (Phi) is 1.44. The predicted molar refractivity (Wildman–Crippen MR) is 35.4 cm³/mol. The fourth-order valence-electron chi connectivity index (χ4n) is 1.78. The fraction of sp³-hybridized carbons (Fsp3) is 1.00. The standard InChI is InChI=1S/C7H13NO/c1-2-7-6-9-5-4-8(7)3-1/h7H,1-6H2/t7-/m1/s1. The Morgan fingerprint density at radius 1 is 1.33 bits per heavy atom. The minimum absolute atomic E-state index is 0.777. The van der Waals surface area contributed by atoms with E-state index in [2.05, 4.69) is 4.90 Å². The Balaban J connectivity index is 1.97. The molecule has 2 nitrogen and oxygen atoms in total. The van der Waals surface area contributed by atoms with Crippen molar-refractivity contribution in [2.45, 2.75) is 18.9 Å². The van der Waals surface area contributed by atoms with Crippen LogP contribution in [-0.4, -0.2) is 37.2 Å². The summed E-state index contributed by atoms with van der Waals surface area (Å²) in [7, 11) is 0. The molecule has 0 aromatic heterocycles. The SMILES string of the molecule is C1C[C@@H]2COCCN2C1. The number of hydrogen-bond donors (Lipinski definition) is 0. The second kappa shape index (κ2) is 2.27. The highest BCUT2D eigenvalue weighted by Crippen LogP contribution is 2.19. The molecule has 2 rings (SSSR count). The van der Waals surface area contributed by atoms with Gasteiger partial charge in [0.25, 0.3) is 0 Å². The topological polar surface area (TPSA) is 12.5 Å². The number of nitrogens with zero attached hydrogens (tertiary/aromatic N) is 1. The lowest BCUT2D eigenvalue weighted by molar-refractivity contribution is 0.0129. The molecular weight excluding hydrogens is 114 g/mol. The predicted octanol–water partition coefficient (Wildman–Crippen LogP) is 0.481. The average molecular weight is 127 g/mol. The quantitative estimate of drug-likeness (QED) is 0.469. The van der Waals surface area contributed by atoms with Crippen molar-refractivity contribution in [1.82, 2.24) is 4.90 Å². The Morgan fingerprint density at radius 2 is 2.33 bits per heavy atom. The molecule has 1 atom stereocenters. The molecule has 0 bridgehead atoms. The molecule has 2 heteroatoms. The van der Waals surface area contributed by atoms with Crippen LogP contribution in [0.5, 0.6) is 0 Å². The minimum atomic E-state index is 0.777. The Labute approximate surface area is 55.8 Å². The summed E-state index contributed by atoms with van der Waals surface area (Å²) in [5, 5.41) is 0. The lowest BCUT2D eigenvalue weighted by atomic mass is 10.2. The summed E-state index contributed by atoms with van der Waals surface area (Å²) in [6.45, 7) is 4.43. The largest absolute Gasteiger partial charge is 0.378 e. The average Bonchev–Trinajstić information content (AvgIpc) is 2.33. The normalized spacial score (nSPS) is 36.7. The molecule has 9 heavy (non-hydrogen) atoms. The van der Waals surface area contributed by atoms with Crippen molar-refractivity contribution in [3.8, 4) is 0 Å². The summed E-state index contributed by atoms with van der Waals surface area (Å²) in [4.78, 5) is 2.55. The lowest BCUT2D eigenvalue weighted by Crippen LogP contribution is -2.40. The van der Waals surface area contributed by atoms with E-state index in [1.54, 1.807) is 0 Å². The van der Waals surface area contributed by atoms with Crippen LogP contribution in [-0.2, 0) is 4.74 Å². The van der Waals surface area contributed by atoms with Gasteiger partial charge in [-0.3, -0.25) is 4.90 Å². The van der Waals surface area contributed by atoms with Crippen LogP contribution in [0.1, 0.15) is 12.8 Å². The van der Waals surface area contributed by atoms with Crippen LogP contribution in [0.25, 0.3) is 0 Å². The van der Waals surface area contributed by atoms with Gasteiger partial charge in [-0.15, -0.1) is 0 Å². The van der Waals surface area contributed by atoms with Crippen LogP contribution in [0.15, 0.2) is 0 Å². The summed E-state index contributed by atoms with van der Waals surface area (Å²) < 4.78 is 5.34. The summed E-state index contributed by atoms with van der Waals surface area (Å²) >= 11 is 0. The second-order valence-electron chi connectivity index (χ2n) is 2.91. The van der Waals surface area contributed by atoms with E-state index in [-0.39, 0.29) is 0 Å². The zero-order valence-electron chi connectivity index (χ0n) is 5.68. The van der Waals surface area contributed by atoms with E-state index < -0.39 is 0 Å². The van der Waals surface area contributed by atoms with Crippen LogP contribution in [0.3, 0.4) is 0 Å². The molecule has 0 unspecified atom stereocenters. The Hall–Kier alpha value is -0.0800. The van der Waals surface area contributed by atoms with E-state index in [1.165, 1.54) is 25.9 Å². The molecule has 0 radical (unpaired) electrons. The minimum Gasteiger partial charge on any atom is -0.378 e. The van der Waals surface area contributed by atoms with Crippen LogP contribution in [0, 0.1) is 0 Å². The first-order chi connectivity index (χ1) is 4.47. The van der Waals surface area contributed by atoms with Crippen molar-refractivity contribution in [1.29, 1.82) is 0 Å². The van der Waals surface area contributed by atoms with Crippen molar-refractivity contribution in [2.75, 3.05) is 26.3 Å². The van der Waals surface area contributed by atoms with Crippen LogP contribution < -0.4 is 0 Å². The van der Waals surface area contributed by atoms with E-state index in [0.29, 0.717) is 0 Å². The van der Waals surface area contributed by atoms with Crippen molar-refractivity contribution in [3.63, 3.8) is 0 Å². The van der Waals surface area contributed by atoms with Gasteiger partial charge >= 0.3 is 0 Å². The first kappa shape index (κ1) is 5.69. The van der Waals surface area contributed by atoms with E-state index in [9.17, 15) is 0 Å². The third-order valence-electron chi connectivity index (χ3n) is 2.33. The lowest BCUT2D eigenvalue weighted by Gasteiger charge is -2.28. The number of ether oxygens (including phenoxy) is 1. The zero-order chi connectivity index (χ0) is 6.10. The molecular formula is C7H13NO. The number of rotatable bonds is 0. The zero-order valence-corrected chi connectivity index (χ0v) is 5.68. The molecule has 52 valence electrons. The van der Waals surface area contributed by atoms with Crippen molar-refractivity contribution >= 4 is 0 Å². The highest BCUT2D eigenvalue weighted by Gasteiger charge is 2.26. The molecule has 2 aliphatic rings. The number of morpholine rings is 1. The summed E-state index contributed by atoms with van der Waals surface area (Å²) in [5.41, 5.74) is 0. The summed E-state index contributed by atoms with van der Waals surface area (Å²) in [5.74, 6) is 0. The summed E-state index contributed by atoms with van der Waals surface area (Å²) in [6, 6.07) is 0.777. The molecule has 0 amide bonds. The Morgan fingerprint density at radius 3 is 3.22 bits per heavy atom. The third-order valence-corrected chi connectivity index (χ3v) is 2.33. The molecule has 2 heterocycles. The highest BCUT2D eigenvalue weighted by molar-refractivity contribution is 4.80. The van der Waals surface area contributed by atoms with Gasteiger partial charge in [-0.2, -0.15) is 0 Å². The maximum atomic E-state index is 5.34. The van der Waals surface area contributed by atoms with Crippen molar-refractivity contribution in [2.24, 2.45) is 0 Å². The molecule has 0 aromatic carbocycles. The fourth-order valence-corrected chi connectivity index (χ4v) is 1.78. The van der Waals surface area contributed by atoms with Gasteiger partial charge < -0.3 is 4.74 Å². The van der Waals surface area contributed by atoms with Gasteiger partial charge in [0.05, 0.1) is 13.2 Å². The van der Waals surface area contributed by atoms with Gasteiger partial charge in [-0.1, -0.05) is 0 Å². The van der Waals surface area contributed by atoms with Gasteiger partial charge in [0.1, 0.15) is 0 Å². The van der Waals surface area contributed by atoms with Crippen molar-refractivity contribution in [3.05, 3.63) is 0 Å². The first-order valence-electron chi connectivity index (χ1n) is 3.78. The van der Waals surface area contributed by atoms with E-state index >= 15 is 0 Å². The molecule has 0 N–H and O–H groups in total. The molecule has 0 spiro atoms. The van der Waals surface area contributed by atoms with E-state index in [4.69, 9.17) is 4.74 Å². The van der Waals surface area contributed by atoms with Gasteiger partial charge in [0.15, 0.2) is 0 Å².